The summed E-state index contributed by atoms with van der Waals surface area (Å²) in [6, 6.07) is 11.8. The van der Waals surface area contributed by atoms with Crippen LogP contribution in [0.2, 0.25) is 5.02 Å². The molecule has 0 bridgehead atoms. The zero-order chi connectivity index (χ0) is 26.9. The predicted octanol–water partition coefficient (Wildman–Crippen LogP) is 5.92. The average Bonchev–Trinajstić information content (AvgIpc) is 3.13. The number of carbonyl (C=O) groups excluding carboxylic acids is 2. The number of Topliss-reactive ketones (excluding diaryl/α,β-unsaturated/α-hetero) is 1. The van der Waals surface area contributed by atoms with Crippen molar-refractivity contribution in [2.24, 2.45) is 0 Å². The fourth-order valence-electron chi connectivity index (χ4n) is 4.29. The maximum atomic E-state index is 13.9. The summed E-state index contributed by atoms with van der Waals surface area (Å²) in [5.74, 6) is -2.31. The summed E-state index contributed by atoms with van der Waals surface area (Å²) >= 11 is 5.99. The van der Waals surface area contributed by atoms with Gasteiger partial charge in [-0.05, 0) is 80.4 Å². The van der Waals surface area contributed by atoms with Gasteiger partial charge in [0.2, 0.25) is 0 Å². The molecule has 1 amide bonds. The van der Waals surface area contributed by atoms with Crippen LogP contribution in [0.3, 0.4) is 0 Å². The Morgan fingerprint density at radius 2 is 1.70 bits per heavy atom. The van der Waals surface area contributed by atoms with Gasteiger partial charge in [-0.2, -0.15) is 0 Å². The highest BCUT2D eigenvalue weighted by atomic mass is 35.5. The summed E-state index contributed by atoms with van der Waals surface area (Å²) in [6.45, 7) is 6.11. The number of phenols is 1. The number of phenolic OH excluding ortho intramolecular Hbond substituents is 1. The first-order valence-electron chi connectivity index (χ1n) is 11.6. The minimum Gasteiger partial charge on any atom is -0.507 e. The summed E-state index contributed by atoms with van der Waals surface area (Å²) in [6.07, 6.45) is 0. The Balaban J connectivity index is 1.95. The van der Waals surface area contributed by atoms with Crippen molar-refractivity contribution in [1.82, 2.24) is 0 Å². The van der Waals surface area contributed by atoms with Crippen molar-refractivity contribution < 1.29 is 33.7 Å². The van der Waals surface area contributed by atoms with Gasteiger partial charge in [0.15, 0.2) is 11.5 Å². The molecule has 37 heavy (non-hydrogen) atoms. The SMILES string of the molecule is CCOc1ccc(/C(O)=C2\C(=O)C(=O)N(c3ccc(F)c(Cl)c3)C2c2ccc(O)c(OCC)c2)cc1C. The lowest BCUT2D eigenvalue weighted by atomic mass is 9.94. The predicted molar refractivity (Wildman–Crippen MR) is 138 cm³/mol. The van der Waals surface area contributed by atoms with Crippen LogP contribution in [0.1, 0.15) is 36.6 Å². The molecule has 1 aliphatic rings. The summed E-state index contributed by atoms with van der Waals surface area (Å²) in [5, 5.41) is 21.3. The average molecular weight is 526 g/mol. The number of aromatic hydroxyl groups is 1. The number of amides is 1. The third kappa shape index (κ3) is 4.84. The topological polar surface area (TPSA) is 96.3 Å². The minimum absolute atomic E-state index is 0.130. The number of carbonyl (C=O) groups is 2. The van der Waals surface area contributed by atoms with Crippen molar-refractivity contribution in [1.29, 1.82) is 0 Å². The third-order valence-electron chi connectivity index (χ3n) is 5.97. The van der Waals surface area contributed by atoms with E-state index in [1.807, 2.05) is 6.92 Å². The van der Waals surface area contributed by atoms with Gasteiger partial charge in [0.1, 0.15) is 17.3 Å². The molecule has 0 aliphatic carbocycles. The lowest BCUT2D eigenvalue weighted by molar-refractivity contribution is -0.132. The van der Waals surface area contributed by atoms with Crippen LogP contribution in [-0.4, -0.2) is 35.1 Å². The lowest BCUT2D eigenvalue weighted by Crippen LogP contribution is -2.29. The lowest BCUT2D eigenvalue weighted by Gasteiger charge is -2.26. The van der Waals surface area contributed by atoms with E-state index in [1.54, 1.807) is 32.0 Å². The molecule has 2 N–H and O–H groups in total. The molecule has 1 saturated heterocycles. The molecule has 1 aliphatic heterocycles. The Kier molecular flexibility index (Phi) is 7.40. The van der Waals surface area contributed by atoms with Crippen molar-refractivity contribution in [3.05, 3.63) is 87.7 Å². The van der Waals surface area contributed by atoms with Gasteiger partial charge in [-0.15, -0.1) is 0 Å². The molecule has 0 radical (unpaired) electrons. The zero-order valence-corrected chi connectivity index (χ0v) is 21.2. The number of benzene rings is 3. The fraction of sp³-hybridized carbons (Fsp3) is 0.214. The largest absolute Gasteiger partial charge is 0.507 e. The Morgan fingerprint density at radius 1 is 1.00 bits per heavy atom. The van der Waals surface area contributed by atoms with Gasteiger partial charge >= 0.3 is 0 Å². The highest BCUT2D eigenvalue weighted by Crippen LogP contribution is 2.44. The number of rotatable bonds is 7. The molecule has 1 unspecified atom stereocenters. The minimum atomic E-state index is -1.12. The fourth-order valence-corrected chi connectivity index (χ4v) is 4.47. The second kappa shape index (κ2) is 10.5. The molecule has 192 valence electrons. The number of nitrogens with zero attached hydrogens (tertiary/aromatic N) is 1. The number of hydrogen-bond acceptors (Lipinski definition) is 6. The molecule has 9 heteroatoms. The highest BCUT2D eigenvalue weighted by Gasteiger charge is 2.47. The Bertz CT molecular complexity index is 1420. The zero-order valence-electron chi connectivity index (χ0n) is 20.4. The summed E-state index contributed by atoms with van der Waals surface area (Å²) in [7, 11) is 0. The maximum absolute atomic E-state index is 13.9. The molecular weight excluding hydrogens is 501 g/mol. The molecule has 3 aromatic carbocycles. The van der Waals surface area contributed by atoms with Crippen LogP contribution in [0.25, 0.3) is 5.76 Å². The van der Waals surface area contributed by atoms with Crippen LogP contribution in [0.15, 0.2) is 60.2 Å². The van der Waals surface area contributed by atoms with E-state index in [2.05, 4.69) is 0 Å². The number of aryl methyl sites for hydroxylation is 1. The number of hydrogen-bond donors (Lipinski definition) is 2. The van der Waals surface area contributed by atoms with Gasteiger partial charge in [-0.25, -0.2) is 4.39 Å². The second-order valence-electron chi connectivity index (χ2n) is 8.34. The first kappa shape index (κ1) is 26.0. The number of anilines is 1. The van der Waals surface area contributed by atoms with Crippen molar-refractivity contribution in [2.75, 3.05) is 18.1 Å². The van der Waals surface area contributed by atoms with Crippen molar-refractivity contribution in [3.8, 4) is 17.2 Å². The monoisotopic (exact) mass is 525 g/mol. The molecule has 0 spiro atoms. The van der Waals surface area contributed by atoms with E-state index in [1.165, 1.54) is 30.3 Å². The molecule has 0 saturated carbocycles. The standard InChI is InChI=1S/C28H25ClFNO6/c1-4-36-22-11-7-17(12-15(22)3)26(33)24-25(16-6-10-21(32)23(13-16)37-5-2)31(28(35)27(24)34)18-8-9-20(30)19(29)14-18/h6-14,25,32-33H,4-5H2,1-3H3/b26-24+. The first-order valence-corrected chi connectivity index (χ1v) is 12.0. The summed E-state index contributed by atoms with van der Waals surface area (Å²) < 4.78 is 25.0. The van der Waals surface area contributed by atoms with E-state index in [-0.39, 0.29) is 34.4 Å². The number of ether oxygens (including phenoxy) is 2. The van der Waals surface area contributed by atoms with Crippen LogP contribution in [-0.2, 0) is 9.59 Å². The number of halogens is 2. The van der Waals surface area contributed by atoms with Crippen molar-refractivity contribution in [3.63, 3.8) is 0 Å². The summed E-state index contributed by atoms with van der Waals surface area (Å²) in [4.78, 5) is 27.8. The van der Waals surface area contributed by atoms with Gasteiger partial charge in [-0.1, -0.05) is 17.7 Å². The van der Waals surface area contributed by atoms with Gasteiger partial charge in [0, 0.05) is 11.3 Å². The van der Waals surface area contributed by atoms with Crippen LogP contribution in [0, 0.1) is 12.7 Å². The molecule has 1 atom stereocenters. The van der Waals surface area contributed by atoms with Crippen molar-refractivity contribution in [2.45, 2.75) is 26.8 Å². The summed E-state index contributed by atoms with van der Waals surface area (Å²) in [5.41, 5.74) is 1.40. The van der Waals surface area contributed by atoms with E-state index < -0.39 is 29.3 Å². The van der Waals surface area contributed by atoms with Crippen LogP contribution in [0.4, 0.5) is 10.1 Å². The quantitative estimate of drug-likeness (QED) is 0.226. The molecule has 7 nitrogen and oxygen atoms in total. The van der Waals surface area contributed by atoms with Gasteiger partial charge < -0.3 is 19.7 Å². The molecule has 4 rings (SSSR count). The van der Waals surface area contributed by atoms with E-state index >= 15 is 0 Å². The Labute approximate surface area is 218 Å². The van der Waals surface area contributed by atoms with Crippen LogP contribution >= 0.6 is 11.6 Å². The second-order valence-corrected chi connectivity index (χ2v) is 8.75. The first-order chi connectivity index (χ1) is 17.7. The highest BCUT2D eigenvalue weighted by molar-refractivity contribution is 6.51. The van der Waals surface area contributed by atoms with E-state index in [9.17, 15) is 24.2 Å². The van der Waals surface area contributed by atoms with E-state index in [0.29, 0.717) is 23.5 Å². The molecule has 3 aromatic rings. The molecule has 1 fully saturated rings. The van der Waals surface area contributed by atoms with Gasteiger partial charge in [0.05, 0.1) is 29.9 Å². The van der Waals surface area contributed by atoms with Crippen LogP contribution in [0.5, 0.6) is 17.2 Å². The Hall–Kier alpha value is -4.04. The Morgan fingerprint density at radius 3 is 2.35 bits per heavy atom. The van der Waals surface area contributed by atoms with E-state index in [0.717, 1.165) is 16.5 Å². The van der Waals surface area contributed by atoms with Gasteiger partial charge in [-0.3, -0.25) is 14.5 Å². The third-order valence-corrected chi connectivity index (χ3v) is 6.26. The molecular formula is C28H25ClFNO6. The smallest absolute Gasteiger partial charge is 0.300 e. The number of aliphatic hydroxyl groups is 1. The molecule has 0 aromatic heterocycles. The maximum Gasteiger partial charge on any atom is 0.300 e. The molecule has 1 heterocycles. The van der Waals surface area contributed by atoms with Gasteiger partial charge in [0.25, 0.3) is 11.7 Å². The van der Waals surface area contributed by atoms with E-state index in [4.69, 9.17) is 21.1 Å². The normalized spacial score (nSPS) is 16.8. The number of ketones is 1. The van der Waals surface area contributed by atoms with Crippen molar-refractivity contribution >= 4 is 34.7 Å². The van der Waals surface area contributed by atoms with Crippen LogP contribution < -0.4 is 14.4 Å². The number of aliphatic hydroxyl groups excluding tert-OH is 1.